The monoisotopic (exact) mass is 442 g/mol. The van der Waals surface area contributed by atoms with Gasteiger partial charge in [0.25, 0.3) is 6.43 Å². The lowest BCUT2D eigenvalue weighted by atomic mass is 10.2. The summed E-state index contributed by atoms with van der Waals surface area (Å²) in [5.74, 6) is 0.0181. The molecule has 9 heteroatoms. The maximum atomic E-state index is 13.2. The first-order chi connectivity index (χ1) is 13.9. The van der Waals surface area contributed by atoms with Crippen molar-refractivity contribution in [3.63, 3.8) is 0 Å². The number of rotatable bonds is 6. The average Bonchev–Trinajstić information content (AvgIpc) is 3.47. The van der Waals surface area contributed by atoms with Crippen molar-refractivity contribution in [1.29, 1.82) is 0 Å². The molecule has 0 atom stereocenters. The molecule has 0 N–H and O–H groups in total. The Balaban J connectivity index is 1.35. The Kier molecular flexibility index (Phi) is 6.08. The van der Waals surface area contributed by atoms with E-state index in [4.69, 9.17) is 23.2 Å². The van der Waals surface area contributed by atoms with Gasteiger partial charge < -0.3 is 4.90 Å². The van der Waals surface area contributed by atoms with Crippen molar-refractivity contribution in [3.05, 3.63) is 51.3 Å². The Hall–Kier alpha value is -1.70. The largest absolute Gasteiger partial charge is 0.339 e. The molecule has 4 rings (SSSR count). The maximum Gasteiger partial charge on any atom is 0.283 e. The van der Waals surface area contributed by atoms with Crippen molar-refractivity contribution in [1.82, 2.24) is 19.6 Å². The van der Waals surface area contributed by atoms with Gasteiger partial charge in [0.2, 0.25) is 5.91 Å². The summed E-state index contributed by atoms with van der Waals surface area (Å²) in [6.07, 6.45) is -0.954. The molecule has 1 amide bonds. The van der Waals surface area contributed by atoms with Crippen LogP contribution in [0, 0.1) is 0 Å². The van der Waals surface area contributed by atoms with Crippen LogP contribution in [0.15, 0.2) is 24.3 Å². The van der Waals surface area contributed by atoms with Gasteiger partial charge in [0.1, 0.15) is 12.2 Å². The molecule has 2 fully saturated rings. The molecule has 0 radical (unpaired) electrons. The Morgan fingerprint density at radius 3 is 2.34 bits per heavy atom. The van der Waals surface area contributed by atoms with Gasteiger partial charge in [-0.25, -0.2) is 8.78 Å². The zero-order valence-corrected chi connectivity index (χ0v) is 17.3. The van der Waals surface area contributed by atoms with Gasteiger partial charge in [-0.3, -0.25) is 14.4 Å². The molecule has 156 valence electrons. The average molecular weight is 443 g/mol. The molecule has 5 nitrogen and oxygen atoms in total. The molecule has 1 saturated heterocycles. The summed E-state index contributed by atoms with van der Waals surface area (Å²) >= 11 is 12.1. The van der Waals surface area contributed by atoms with Crippen LogP contribution in [0.25, 0.3) is 0 Å². The fraction of sp³-hybridized carbons (Fsp3) is 0.500. The molecule has 1 aliphatic carbocycles. The molecular formula is C20H22Cl2F2N4O. The highest BCUT2D eigenvalue weighted by Gasteiger charge is 2.35. The molecular weight excluding hydrogens is 421 g/mol. The van der Waals surface area contributed by atoms with Gasteiger partial charge in [0.15, 0.2) is 0 Å². The third kappa shape index (κ3) is 4.73. The molecule has 29 heavy (non-hydrogen) atoms. The van der Waals surface area contributed by atoms with Crippen LogP contribution in [0.2, 0.25) is 10.0 Å². The summed E-state index contributed by atoms with van der Waals surface area (Å²) in [7, 11) is 0. The number of benzene rings is 1. The predicted octanol–water partition coefficient (Wildman–Crippen LogP) is 4.35. The highest BCUT2D eigenvalue weighted by atomic mass is 35.5. The van der Waals surface area contributed by atoms with Crippen LogP contribution in [0.1, 0.15) is 42.1 Å². The topological polar surface area (TPSA) is 41.4 Å². The summed E-state index contributed by atoms with van der Waals surface area (Å²) in [4.78, 5) is 16.8. The fourth-order valence-electron chi connectivity index (χ4n) is 3.71. The smallest absolute Gasteiger partial charge is 0.283 e. The zero-order valence-electron chi connectivity index (χ0n) is 15.8. The Morgan fingerprint density at radius 1 is 1.10 bits per heavy atom. The van der Waals surface area contributed by atoms with Gasteiger partial charge in [-0.2, -0.15) is 5.10 Å². The zero-order chi connectivity index (χ0) is 20.5. The number of hydrogen-bond acceptors (Lipinski definition) is 3. The van der Waals surface area contributed by atoms with E-state index < -0.39 is 12.1 Å². The lowest BCUT2D eigenvalue weighted by molar-refractivity contribution is -0.133. The van der Waals surface area contributed by atoms with Crippen LogP contribution in [0.5, 0.6) is 0 Å². The van der Waals surface area contributed by atoms with E-state index in [1.807, 2.05) is 24.3 Å². The summed E-state index contributed by atoms with van der Waals surface area (Å²) in [5, 5.41) is 4.68. The number of aromatic nitrogens is 2. The summed E-state index contributed by atoms with van der Waals surface area (Å²) in [5.41, 5.74) is 1.33. The standard InChI is InChI=1S/C20H22Cl2F2N4O/c21-15-5-1-13(2-6-15)11-26-7-9-27(10-8-26)16(29)12-28-19(14-3-4-14)17(22)18(25-28)20(23)24/h1-2,5-6,14,20H,3-4,7-12H2. The maximum absolute atomic E-state index is 13.2. The van der Waals surface area contributed by atoms with Crippen molar-refractivity contribution in [3.8, 4) is 0 Å². The van der Waals surface area contributed by atoms with E-state index in [1.165, 1.54) is 10.2 Å². The molecule has 0 bridgehead atoms. The molecule has 2 aliphatic rings. The molecule has 0 unspecified atom stereocenters. The molecule has 2 aromatic rings. The molecule has 1 aliphatic heterocycles. The van der Waals surface area contributed by atoms with E-state index in [0.29, 0.717) is 23.8 Å². The van der Waals surface area contributed by atoms with E-state index in [9.17, 15) is 13.6 Å². The summed E-state index contributed by atoms with van der Waals surface area (Å²) < 4.78 is 27.7. The first-order valence-electron chi connectivity index (χ1n) is 9.71. The Labute approximate surface area is 178 Å². The quantitative estimate of drug-likeness (QED) is 0.667. The lowest BCUT2D eigenvalue weighted by Crippen LogP contribution is -2.49. The minimum absolute atomic E-state index is 0.0167. The Morgan fingerprint density at radius 2 is 1.76 bits per heavy atom. The lowest BCUT2D eigenvalue weighted by Gasteiger charge is -2.34. The van der Waals surface area contributed by atoms with Crippen LogP contribution in [-0.4, -0.2) is 51.7 Å². The third-order valence-corrected chi connectivity index (χ3v) is 6.10. The normalized spacial score (nSPS) is 17.9. The minimum Gasteiger partial charge on any atom is -0.339 e. The summed E-state index contributed by atoms with van der Waals surface area (Å²) in [6.45, 7) is 3.47. The van der Waals surface area contributed by atoms with E-state index >= 15 is 0 Å². The van der Waals surface area contributed by atoms with Crippen LogP contribution < -0.4 is 0 Å². The van der Waals surface area contributed by atoms with Crippen molar-refractivity contribution in [2.75, 3.05) is 26.2 Å². The molecule has 1 aromatic heterocycles. The van der Waals surface area contributed by atoms with E-state index in [0.717, 1.165) is 32.5 Å². The molecule has 2 heterocycles. The van der Waals surface area contributed by atoms with Crippen LogP contribution in [-0.2, 0) is 17.9 Å². The third-order valence-electron chi connectivity index (χ3n) is 5.46. The molecule has 1 saturated carbocycles. The Bertz CT molecular complexity index is 875. The number of carbonyl (C=O) groups excluding carboxylic acids is 1. The van der Waals surface area contributed by atoms with E-state index in [-0.39, 0.29) is 23.4 Å². The van der Waals surface area contributed by atoms with Crippen LogP contribution in [0.4, 0.5) is 8.78 Å². The van der Waals surface area contributed by atoms with Crippen molar-refractivity contribution < 1.29 is 13.6 Å². The second kappa shape index (κ2) is 8.58. The van der Waals surface area contributed by atoms with Gasteiger partial charge in [-0.1, -0.05) is 35.3 Å². The van der Waals surface area contributed by atoms with Gasteiger partial charge in [-0.05, 0) is 30.5 Å². The minimum atomic E-state index is -2.74. The SMILES string of the molecule is O=C(Cn1nc(C(F)F)c(Cl)c1C1CC1)N1CCN(Cc2ccc(Cl)cc2)CC1. The van der Waals surface area contributed by atoms with Crippen molar-refractivity contribution in [2.24, 2.45) is 0 Å². The second-order valence-corrected chi connectivity index (χ2v) is 8.41. The number of nitrogens with zero attached hydrogens (tertiary/aromatic N) is 4. The fourth-order valence-corrected chi connectivity index (χ4v) is 4.21. The summed E-state index contributed by atoms with van der Waals surface area (Å²) in [6, 6.07) is 7.75. The first kappa shape index (κ1) is 20.6. The van der Waals surface area contributed by atoms with Crippen molar-refractivity contribution in [2.45, 2.75) is 38.3 Å². The van der Waals surface area contributed by atoms with Crippen molar-refractivity contribution >= 4 is 29.1 Å². The predicted molar refractivity (Wildman–Crippen MR) is 107 cm³/mol. The number of hydrogen-bond donors (Lipinski definition) is 0. The highest BCUT2D eigenvalue weighted by molar-refractivity contribution is 6.32. The number of alkyl halides is 2. The number of amides is 1. The van der Waals surface area contributed by atoms with Crippen LogP contribution in [0.3, 0.4) is 0 Å². The van der Waals surface area contributed by atoms with Crippen LogP contribution >= 0.6 is 23.2 Å². The second-order valence-electron chi connectivity index (χ2n) is 7.60. The number of halogens is 4. The first-order valence-corrected chi connectivity index (χ1v) is 10.5. The van der Waals surface area contributed by atoms with Gasteiger partial charge in [0.05, 0.1) is 10.7 Å². The number of carbonyl (C=O) groups is 1. The van der Waals surface area contributed by atoms with Gasteiger partial charge in [-0.15, -0.1) is 0 Å². The van der Waals surface area contributed by atoms with E-state index in [1.54, 1.807) is 4.90 Å². The molecule has 1 aromatic carbocycles. The number of piperazine rings is 1. The van der Waals surface area contributed by atoms with Gasteiger partial charge >= 0.3 is 0 Å². The van der Waals surface area contributed by atoms with Gasteiger partial charge in [0, 0.05) is 43.7 Å². The molecule has 0 spiro atoms. The highest BCUT2D eigenvalue weighted by Crippen LogP contribution is 2.45. The van der Waals surface area contributed by atoms with E-state index in [2.05, 4.69) is 10.00 Å².